The molecule has 0 fully saturated rings. The van der Waals surface area contributed by atoms with Crippen molar-refractivity contribution in [3.8, 4) is 11.3 Å². The number of carbonyl (C=O) groups excluding carboxylic acids is 1. The van der Waals surface area contributed by atoms with Crippen molar-refractivity contribution in [2.45, 2.75) is 13.5 Å². The van der Waals surface area contributed by atoms with Gasteiger partial charge in [0.25, 0.3) is 5.91 Å². The van der Waals surface area contributed by atoms with Gasteiger partial charge in [-0.25, -0.2) is 9.97 Å². The molecule has 0 aliphatic heterocycles. The van der Waals surface area contributed by atoms with Gasteiger partial charge in [-0.05, 0) is 42.8 Å². The van der Waals surface area contributed by atoms with Crippen molar-refractivity contribution in [3.63, 3.8) is 0 Å². The zero-order valence-electron chi connectivity index (χ0n) is 17.6. The number of aromatic nitrogens is 2. The van der Waals surface area contributed by atoms with Crippen molar-refractivity contribution >= 4 is 17.4 Å². The van der Waals surface area contributed by atoms with E-state index in [9.17, 15) is 4.79 Å². The lowest BCUT2D eigenvalue weighted by atomic mass is 10.1. The van der Waals surface area contributed by atoms with Crippen molar-refractivity contribution in [2.75, 3.05) is 12.4 Å². The molecule has 154 valence electrons. The number of benzene rings is 3. The SMILES string of the molecule is Cc1cccc(-c2cc(Nc3ccc(C(=O)N(C)Cc4ccccc4)cc3)ncn2)c1. The molecule has 0 aliphatic carbocycles. The first kappa shape index (κ1) is 20.3. The van der Waals surface area contributed by atoms with Gasteiger partial charge in [-0.3, -0.25) is 4.79 Å². The molecule has 31 heavy (non-hydrogen) atoms. The lowest BCUT2D eigenvalue weighted by Gasteiger charge is -2.17. The summed E-state index contributed by atoms with van der Waals surface area (Å²) in [5.41, 5.74) is 5.69. The van der Waals surface area contributed by atoms with E-state index in [1.54, 1.807) is 11.2 Å². The molecule has 0 aliphatic rings. The van der Waals surface area contributed by atoms with Crippen molar-refractivity contribution in [3.05, 3.63) is 108 Å². The average molecular weight is 409 g/mol. The maximum absolute atomic E-state index is 12.7. The van der Waals surface area contributed by atoms with Gasteiger partial charge >= 0.3 is 0 Å². The van der Waals surface area contributed by atoms with Crippen LogP contribution in [0.4, 0.5) is 11.5 Å². The second-order valence-electron chi connectivity index (χ2n) is 7.51. The highest BCUT2D eigenvalue weighted by Crippen LogP contribution is 2.22. The number of rotatable bonds is 6. The molecule has 0 saturated carbocycles. The lowest BCUT2D eigenvalue weighted by molar-refractivity contribution is 0.0785. The molecule has 0 atom stereocenters. The van der Waals surface area contributed by atoms with Crippen LogP contribution in [-0.2, 0) is 6.54 Å². The van der Waals surface area contributed by atoms with E-state index in [-0.39, 0.29) is 5.91 Å². The summed E-state index contributed by atoms with van der Waals surface area (Å²) in [6.45, 7) is 2.63. The molecule has 0 saturated heterocycles. The van der Waals surface area contributed by atoms with Crippen LogP contribution in [0.25, 0.3) is 11.3 Å². The first-order chi connectivity index (χ1) is 15.1. The lowest BCUT2D eigenvalue weighted by Crippen LogP contribution is -2.26. The number of amides is 1. The number of nitrogens with zero attached hydrogens (tertiary/aromatic N) is 3. The van der Waals surface area contributed by atoms with Crippen LogP contribution in [0.1, 0.15) is 21.5 Å². The second kappa shape index (κ2) is 9.22. The van der Waals surface area contributed by atoms with Crippen molar-refractivity contribution < 1.29 is 4.79 Å². The smallest absolute Gasteiger partial charge is 0.253 e. The minimum Gasteiger partial charge on any atom is -0.340 e. The molecule has 1 N–H and O–H groups in total. The summed E-state index contributed by atoms with van der Waals surface area (Å²) < 4.78 is 0. The molecular weight excluding hydrogens is 384 g/mol. The molecule has 4 aromatic rings. The van der Waals surface area contributed by atoms with E-state index in [0.717, 1.165) is 22.5 Å². The summed E-state index contributed by atoms with van der Waals surface area (Å²) in [7, 11) is 1.81. The monoisotopic (exact) mass is 408 g/mol. The molecule has 3 aromatic carbocycles. The Morgan fingerprint density at radius 1 is 0.903 bits per heavy atom. The third kappa shape index (κ3) is 5.14. The van der Waals surface area contributed by atoms with Crippen LogP contribution < -0.4 is 5.32 Å². The van der Waals surface area contributed by atoms with Crippen LogP contribution in [0.3, 0.4) is 0 Å². The first-order valence-electron chi connectivity index (χ1n) is 10.1. The van der Waals surface area contributed by atoms with E-state index in [2.05, 4.69) is 34.3 Å². The molecule has 4 rings (SSSR count). The predicted octanol–water partition coefficient (Wildman–Crippen LogP) is 5.47. The van der Waals surface area contributed by atoms with Gasteiger partial charge < -0.3 is 10.2 Å². The molecule has 1 heterocycles. The van der Waals surface area contributed by atoms with Crippen LogP contribution in [0.15, 0.2) is 91.3 Å². The number of aryl methyl sites for hydroxylation is 1. The number of nitrogens with one attached hydrogen (secondary N) is 1. The Hall–Kier alpha value is -3.99. The number of hydrogen-bond donors (Lipinski definition) is 1. The van der Waals surface area contributed by atoms with Gasteiger partial charge in [-0.1, -0.05) is 54.1 Å². The Balaban J connectivity index is 1.44. The van der Waals surface area contributed by atoms with Crippen LogP contribution in [0, 0.1) is 6.92 Å². The number of carbonyl (C=O) groups is 1. The molecule has 0 spiro atoms. The largest absolute Gasteiger partial charge is 0.340 e. The second-order valence-corrected chi connectivity index (χ2v) is 7.51. The molecule has 0 unspecified atom stereocenters. The topological polar surface area (TPSA) is 58.1 Å². The number of anilines is 2. The van der Waals surface area contributed by atoms with Crippen LogP contribution in [0.5, 0.6) is 0 Å². The summed E-state index contributed by atoms with van der Waals surface area (Å²) in [6.07, 6.45) is 1.55. The summed E-state index contributed by atoms with van der Waals surface area (Å²) in [4.78, 5) is 23.2. The normalized spacial score (nSPS) is 10.5. The third-order valence-electron chi connectivity index (χ3n) is 4.99. The van der Waals surface area contributed by atoms with Gasteiger partial charge in [-0.15, -0.1) is 0 Å². The van der Waals surface area contributed by atoms with Crippen LogP contribution in [0.2, 0.25) is 0 Å². The molecule has 1 amide bonds. The molecule has 5 heteroatoms. The fraction of sp³-hybridized carbons (Fsp3) is 0.115. The Morgan fingerprint density at radius 2 is 1.68 bits per heavy atom. The summed E-state index contributed by atoms with van der Waals surface area (Å²) in [6, 6.07) is 27.5. The number of hydrogen-bond acceptors (Lipinski definition) is 4. The Morgan fingerprint density at radius 3 is 2.42 bits per heavy atom. The highest BCUT2D eigenvalue weighted by atomic mass is 16.2. The van der Waals surface area contributed by atoms with E-state index in [0.29, 0.717) is 17.9 Å². The van der Waals surface area contributed by atoms with Gasteiger partial charge in [0.2, 0.25) is 0 Å². The highest BCUT2D eigenvalue weighted by molar-refractivity contribution is 5.94. The molecular formula is C26H24N4O. The highest BCUT2D eigenvalue weighted by Gasteiger charge is 2.12. The fourth-order valence-electron chi connectivity index (χ4n) is 3.38. The van der Waals surface area contributed by atoms with E-state index in [4.69, 9.17) is 0 Å². The van der Waals surface area contributed by atoms with E-state index in [1.165, 1.54) is 5.56 Å². The molecule has 0 radical (unpaired) electrons. The Labute approximate surface area is 182 Å². The molecule has 1 aromatic heterocycles. The molecule has 0 bridgehead atoms. The van der Waals surface area contributed by atoms with Crippen molar-refractivity contribution in [1.82, 2.24) is 14.9 Å². The molecule has 5 nitrogen and oxygen atoms in total. The van der Waals surface area contributed by atoms with E-state index in [1.807, 2.05) is 79.8 Å². The van der Waals surface area contributed by atoms with Gasteiger partial charge in [0, 0.05) is 36.5 Å². The zero-order valence-corrected chi connectivity index (χ0v) is 17.6. The predicted molar refractivity (Wildman–Crippen MR) is 124 cm³/mol. The zero-order chi connectivity index (χ0) is 21.6. The Bertz CT molecular complexity index is 1170. The summed E-state index contributed by atoms with van der Waals surface area (Å²) in [5.74, 6) is 0.686. The van der Waals surface area contributed by atoms with Crippen LogP contribution >= 0.6 is 0 Å². The third-order valence-corrected chi connectivity index (χ3v) is 4.99. The minimum absolute atomic E-state index is 0.0147. The standard InChI is InChI=1S/C26H24N4O/c1-19-7-6-10-22(15-19)24-16-25(28-18-27-24)29-23-13-11-21(12-14-23)26(31)30(2)17-20-8-4-3-5-9-20/h3-16,18H,17H2,1-2H3,(H,27,28,29). The van der Waals surface area contributed by atoms with Crippen molar-refractivity contribution in [1.29, 1.82) is 0 Å². The summed E-state index contributed by atoms with van der Waals surface area (Å²) >= 11 is 0. The minimum atomic E-state index is -0.0147. The maximum atomic E-state index is 12.7. The quantitative estimate of drug-likeness (QED) is 0.460. The summed E-state index contributed by atoms with van der Waals surface area (Å²) in [5, 5.41) is 3.29. The maximum Gasteiger partial charge on any atom is 0.253 e. The van der Waals surface area contributed by atoms with Gasteiger partial charge in [0.1, 0.15) is 12.1 Å². The van der Waals surface area contributed by atoms with Gasteiger partial charge in [-0.2, -0.15) is 0 Å². The van der Waals surface area contributed by atoms with Gasteiger partial charge in [0.05, 0.1) is 5.69 Å². The first-order valence-corrected chi connectivity index (χ1v) is 10.1. The fourth-order valence-corrected chi connectivity index (χ4v) is 3.38. The average Bonchev–Trinajstić information content (AvgIpc) is 2.80. The Kier molecular flexibility index (Phi) is 6.03. The van der Waals surface area contributed by atoms with E-state index >= 15 is 0 Å². The van der Waals surface area contributed by atoms with Gasteiger partial charge in [0.15, 0.2) is 0 Å². The van der Waals surface area contributed by atoms with Crippen molar-refractivity contribution in [2.24, 2.45) is 0 Å². The van der Waals surface area contributed by atoms with Crippen LogP contribution in [-0.4, -0.2) is 27.8 Å². The van der Waals surface area contributed by atoms with E-state index < -0.39 is 0 Å².